The highest BCUT2D eigenvalue weighted by atomic mass is 19.4. The zero-order valence-electron chi connectivity index (χ0n) is 9.77. The highest BCUT2D eigenvalue weighted by Crippen LogP contribution is 2.35. The van der Waals surface area contributed by atoms with E-state index in [0.29, 0.717) is 5.69 Å². The maximum atomic E-state index is 12.6. The van der Waals surface area contributed by atoms with Gasteiger partial charge in [0, 0.05) is 12.5 Å². The van der Waals surface area contributed by atoms with Gasteiger partial charge in [0.2, 0.25) is 5.91 Å². The fraction of sp³-hybridized carbons (Fsp3) is 0.417. The van der Waals surface area contributed by atoms with Crippen LogP contribution in [0.15, 0.2) is 18.2 Å². The molecule has 0 radical (unpaired) electrons. The molecule has 98 valence electrons. The minimum Gasteiger partial charge on any atom is -0.380 e. The highest BCUT2D eigenvalue weighted by Gasteiger charge is 2.32. The van der Waals surface area contributed by atoms with Crippen LogP contribution in [-0.2, 0) is 11.0 Å². The summed E-state index contributed by atoms with van der Waals surface area (Å²) in [4.78, 5) is 11.5. The van der Waals surface area contributed by atoms with E-state index in [1.807, 2.05) is 6.92 Å². The summed E-state index contributed by atoms with van der Waals surface area (Å²) >= 11 is 0. The number of nitrogens with one attached hydrogen (secondary N) is 2. The van der Waals surface area contributed by atoms with Gasteiger partial charge in [-0.05, 0) is 24.6 Å². The third-order valence-corrected chi connectivity index (χ3v) is 2.91. The lowest BCUT2D eigenvalue weighted by Gasteiger charge is -2.15. The van der Waals surface area contributed by atoms with Gasteiger partial charge < -0.3 is 10.6 Å². The lowest BCUT2D eigenvalue weighted by molar-refractivity contribution is -0.137. The number of anilines is 2. The van der Waals surface area contributed by atoms with Crippen molar-refractivity contribution < 1.29 is 18.0 Å². The average Bonchev–Trinajstić information content (AvgIpc) is 2.44. The van der Waals surface area contributed by atoms with Crippen LogP contribution >= 0.6 is 0 Å². The molecule has 2 rings (SSSR count). The topological polar surface area (TPSA) is 41.1 Å². The van der Waals surface area contributed by atoms with Crippen molar-refractivity contribution >= 4 is 17.3 Å². The highest BCUT2D eigenvalue weighted by molar-refractivity contribution is 5.96. The molecule has 0 aromatic heterocycles. The summed E-state index contributed by atoms with van der Waals surface area (Å²) in [6, 6.07) is 3.27. The van der Waals surface area contributed by atoms with Crippen LogP contribution in [0.25, 0.3) is 0 Å². The van der Waals surface area contributed by atoms with Crippen LogP contribution in [0.1, 0.15) is 25.3 Å². The van der Waals surface area contributed by atoms with E-state index in [4.69, 9.17) is 0 Å². The summed E-state index contributed by atoms with van der Waals surface area (Å²) in [5.74, 6) is -0.271. The van der Waals surface area contributed by atoms with Crippen LogP contribution in [0.2, 0.25) is 0 Å². The Kier molecular flexibility index (Phi) is 3.19. The molecule has 1 unspecified atom stereocenters. The van der Waals surface area contributed by atoms with Gasteiger partial charge in [-0.15, -0.1) is 0 Å². The minimum absolute atomic E-state index is 0.0528. The third-order valence-electron chi connectivity index (χ3n) is 2.91. The van der Waals surface area contributed by atoms with Crippen molar-refractivity contribution in [3.8, 4) is 0 Å². The van der Waals surface area contributed by atoms with E-state index >= 15 is 0 Å². The van der Waals surface area contributed by atoms with E-state index in [0.717, 1.165) is 18.6 Å². The van der Waals surface area contributed by atoms with Gasteiger partial charge in [-0.1, -0.05) is 6.92 Å². The van der Waals surface area contributed by atoms with E-state index in [9.17, 15) is 18.0 Å². The van der Waals surface area contributed by atoms with Crippen LogP contribution in [0.3, 0.4) is 0 Å². The Hall–Kier alpha value is -1.72. The van der Waals surface area contributed by atoms with Gasteiger partial charge in [0.15, 0.2) is 0 Å². The van der Waals surface area contributed by atoms with Gasteiger partial charge in [-0.25, -0.2) is 0 Å². The number of fused-ring (bicyclic) bond motifs is 1. The molecule has 1 aliphatic heterocycles. The molecule has 1 amide bonds. The lowest BCUT2D eigenvalue weighted by Crippen LogP contribution is -2.21. The fourth-order valence-corrected chi connectivity index (χ4v) is 1.89. The van der Waals surface area contributed by atoms with Crippen molar-refractivity contribution in [2.24, 2.45) is 0 Å². The standard InChI is InChI=1S/C12H13F3N2O/c1-2-8-6-11(18)17-10-5-7(12(13,14)15)3-4-9(10)16-8/h3-5,8,16H,2,6H2,1H3,(H,17,18). The first-order chi connectivity index (χ1) is 8.40. The van der Waals surface area contributed by atoms with Crippen LogP contribution < -0.4 is 10.6 Å². The van der Waals surface area contributed by atoms with E-state index in [-0.39, 0.29) is 24.1 Å². The Bertz CT molecular complexity index is 471. The molecule has 0 saturated carbocycles. The third kappa shape index (κ3) is 2.57. The molecule has 0 fully saturated rings. The van der Waals surface area contributed by atoms with Crippen molar-refractivity contribution in [2.75, 3.05) is 10.6 Å². The van der Waals surface area contributed by atoms with Gasteiger partial charge in [-0.2, -0.15) is 13.2 Å². The maximum Gasteiger partial charge on any atom is 0.416 e. The molecule has 0 bridgehead atoms. The van der Waals surface area contributed by atoms with Crippen molar-refractivity contribution in [1.82, 2.24) is 0 Å². The number of amides is 1. The Morgan fingerprint density at radius 3 is 2.67 bits per heavy atom. The number of hydrogen-bond donors (Lipinski definition) is 2. The molecular weight excluding hydrogens is 245 g/mol. The molecule has 0 saturated heterocycles. The van der Waals surface area contributed by atoms with E-state index < -0.39 is 11.7 Å². The van der Waals surface area contributed by atoms with Crippen LogP contribution in [0.4, 0.5) is 24.5 Å². The van der Waals surface area contributed by atoms with E-state index in [1.54, 1.807) is 0 Å². The fourth-order valence-electron chi connectivity index (χ4n) is 1.89. The van der Waals surface area contributed by atoms with E-state index in [2.05, 4.69) is 10.6 Å². The van der Waals surface area contributed by atoms with Gasteiger partial charge >= 0.3 is 6.18 Å². The number of carbonyl (C=O) groups excluding carboxylic acids is 1. The first kappa shape index (κ1) is 12.7. The second-order valence-electron chi connectivity index (χ2n) is 4.26. The largest absolute Gasteiger partial charge is 0.416 e. The maximum absolute atomic E-state index is 12.6. The van der Waals surface area contributed by atoms with E-state index in [1.165, 1.54) is 6.07 Å². The lowest BCUT2D eigenvalue weighted by atomic mass is 10.1. The number of benzene rings is 1. The summed E-state index contributed by atoms with van der Waals surface area (Å²) in [6.45, 7) is 1.92. The Morgan fingerprint density at radius 1 is 1.33 bits per heavy atom. The molecule has 6 heteroatoms. The van der Waals surface area contributed by atoms with Gasteiger partial charge in [-0.3, -0.25) is 4.79 Å². The van der Waals surface area contributed by atoms with Crippen molar-refractivity contribution in [3.05, 3.63) is 23.8 Å². The normalized spacial score (nSPS) is 19.6. The molecule has 3 nitrogen and oxygen atoms in total. The number of alkyl halides is 3. The van der Waals surface area contributed by atoms with Crippen LogP contribution in [0.5, 0.6) is 0 Å². The number of hydrogen-bond acceptors (Lipinski definition) is 2. The Labute approximate surface area is 102 Å². The Balaban J connectivity index is 2.38. The molecule has 1 heterocycles. The number of halogens is 3. The van der Waals surface area contributed by atoms with Crippen LogP contribution in [-0.4, -0.2) is 11.9 Å². The summed E-state index contributed by atoms with van der Waals surface area (Å²) in [7, 11) is 0. The van der Waals surface area contributed by atoms with Crippen molar-refractivity contribution in [3.63, 3.8) is 0 Å². The summed E-state index contributed by atoms with van der Waals surface area (Å²) in [6.07, 6.45) is -3.42. The van der Waals surface area contributed by atoms with Gasteiger partial charge in [0.25, 0.3) is 0 Å². The first-order valence-corrected chi connectivity index (χ1v) is 5.67. The Morgan fingerprint density at radius 2 is 2.06 bits per heavy atom. The second-order valence-corrected chi connectivity index (χ2v) is 4.26. The molecule has 1 aromatic carbocycles. The zero-order chi connectivity index (χ0) is 13.3. The molecular formula is C12H13F3N2O. The van der Waals surface area contributed by atoms with Crippen molar-refractivity contribution in [1.29, 1.82) is 0 Å². The van der Waals surface area contributed by atoms with Crippen molar-refractivity contribution in [2.45, 2.75) is 32.0 Å². The van der Waals surface area contributed by atoms with Gasteiger partial charge in [0.1, 0.15) is 0 Å². The number of rotatable bonds is 1. The summed E-state index contributed by atoms with van der Waals surface area (Å²) < 4.78 is 37.7. The van der Waals surface area contributed by atoms with Crippen LogP contribution in [0, 0.1) is 0 Å². The predicted octanol–water partition coefficient (Wildman–Crippen LogP) is 3.24. The molecule has 1 aromatic rings. The van der Waals surface area contributed by atoms with Gasteiger partial charge in [0.05, 0.1) is 16.9 Å². The SMILES string of the molecule is CCC1CC(=O)Nc2cc(C(F)(F)F)ccc2N1. The molecule has 1 aliphatic rings. The molecule has 1 atom stereocenters. The minimum atomic E-state index is -4.41. The zero-order valence-corrected chi connectivity index (χ0v) is 9.77. The molecule has 0 aliphatic carbocycles. The smallest absolute Gasteiger partial charge is 0.380 e. The molecule has 0 spiro atoms. The monoisotopic (exact) mass is 258 g/mol. The summed E-state index contributed by atoms with van der Waals surface area (Å²) in [5, 5.41) is 5.57. The molecule has 18 heavy (non-hydrogen) atoms. The quantitative estimate of drug-likeness (QED) is 0.812. The average molecular weight is 258 g/mol. The second kappa shape index (κ2) is 4.51. The summed E-state index contributed by atoms with van der Waals surface area (Å²) in [5.41, 5.74) is -0.0511. The first-order valence-electron chi connectivity index (χ1n) is 5.67. The molecule has 2 N–H and O–H groups in total. The predicted molar refractivity (Wildman–Crippen MR) is 62.4 cm³/mol. The number of carbonyl (C=O) groups is 1.